The first-order valence-electron chi connectivity index (χ1n) is 4.53. The molecule has 0 N–H and O–H groups in total. The minimum Gasteiger partial charge on any atom is -0.493 e. The molecule has 0 aliphatic rings. The zero-order valence-corrected chi connectivity index (χ0v) is 10.8. The Kier molecular flexibility index (Phi) is 5.43. The van der Waals surface area contributed by atoms with Crippen molar-refractivity contribution in [2.45, 2.75) is 6.61 Å². The van der Waals surface area contributed by atoms with Crippen LogP contribution in [0.1, 0.15) is 0 Å². The van der Waals surface area contributed by atoms with Crippen molar-refractivity contribution < 1.29 is 27.7 Å². The van der Waals surface area contributed by atoms with Gasteiger partial charge in [-0.25, -0.2) is 0 Å². The second kappa shape index (κ2) is 6.61. The van der Waals surface area contributed by atoms with Crippen LogP contribution >= 0.6 is 15.9 Å². The zero-order valence-electron chi connectivity index (χ0n) is 9.21. The van der Waals surface area contributed by atoms with Crippen LogP contribution in [0, 0.1) is 0 Å². The van der Waals surface area contributed by atoms with Crippen molar-refractivity contribution in [2.24, 2.45) is 0 Å². The van der Waals surface area contributed by atoms with Gasteiger partial charge in [-0.2, -0.15) is 8.78 Å². The highest BCUT2D eigenvalue weighted by atomic mass is 79.9. The molecule has 1 aromatic rings. The van der Waals surface area contributed by atoms with Crippen molar-refractivity contribution in [1.29, 1.82) is 0 Å². The number of hydrogen-bond acceptors (Lipinski definition) is 4. The molecule has 0 aliphatic carbocycles. The first kappa shape index (κ1) is 14.0. The molecular weight excluding hydrogens is 302 g/mol. The van der Waals surface area contributed by atoms with E-state index < -0.39 is 6.61 Å². The lowest BCUT2D eigenvalue weighted by atomic mass is 10.3. The van der Waals surface area contributed by atoms with E-state index in [0.29, 0.717) is 4.47 Å². The molecule has 0 atom stereocenters. The monoisotopic (exact) mass is 312 g/mol. The Morgan fingerprint density at radius 1 is 1.24 bits per heavy atom. The van der Waals surface area contributed by atoms with Gasteiger partial charge in [0, 0.05) is 7.11 Å². The fourth-order valence-corrected chi connectivity index (χ4v) is 1.56. The number of alkyl halides is 2. The largest absolute Gasteiger partial charge is 0.493 e. The molecule has 4 nitrogen and oxygen atoms in total. The molecule has 0 heterocycles. The maximum absolute atomic E-state index is 12.3. The summed E-state index contributed by atoms with van der Waals surface area (Å²) in [4.78, 5) is 0. The van der Waals surface area contributed by atoms with Gasteiger partial charge in [0.25, 0.3) is 0 Å². The van der Waals surface area contributed by atoms with E-state index in [2.05, 4.69) is 20.7 Å². The normalized spacial score (nSPS) is 10.5. The smallest absolute Gasteiger partial charge is 0.387 e. The van der Waals surface area contributed by atoms with Crippen LogP contribution in [0.2, 0.25) is 0 Å². The molecular formula is C10H11BrF2O4. The highest BCUT2D eigenvalue weighted by Gasteiger charge is 2.19. The first-order chi connectivity index (χ1) is 8.10. The van der Waals surface area contributed by atoms with Crippen LogP contribution in [0.15, 0.2) is 16.6 Å². The molecule has 0 amide bonds. The molecule has 1 rings (SSSR count). The number of methoxy groups -OCH3 is 2. The third kappa shape index (κ3) is 3.71. The second-order valence-electron chi connectivity index (χ2n) is 2.84. The lowest BCUT2D eigenvalue weighted by Crippen LogP contribution is -2.07. The quantitative estimate of drug-likeness (QED) is 0.757. The first-order valence-corrected chi connectivity index (χ1v) is 5.32. The molecule has 0 saturated heterocycles. The summed E-state index contributed by atoms with van der Waals surface area (Å²) in [6.07, 6.45) is 0. The predicted molar refractivity (Wildman–Crippen MR) is 59.8 cm³/mol. The van der Waals surface area contributed by atoms with Crippen LogP contribution in [-0.2, 0) is 4.74 Å². The number of ether oxygens (including phenoxy) is 4. The summed E-state index contributed by atoms with van der Waals surface area (Å²) in [6, 6.07) is 3.09. The number of rotatable bonds is 6. The summed E-state index contributed by atoms with van der Waals surface area (Å²) in [6.45, 7) is -3.06. The van der Waals surface area contributed by atoms with E-state index in [0.717, 1.165) is 0 Å². The van der Waals surface area contributed by atoms with Gasteiger partial charge < -0.3 is 18.9 Å². The molecule has 0 fully saturated rings. The van der Waals surface area contributed by atoms with E-state index in [1.54, 1.807) is 6.07 Å². The lowest BCUT2D eigenvalue weighted by Gasteiger charge is -2.15. The molecule has 0 spiro atoms. The molecule has 0 saturated carbocycles. The van der Waals surface area contributed by atoms with E-state index in [9.17, 15) is 8.78 Å². The van der Waals surface area contributed by atoms with E-state index in [4.69, 9.17) is 14.2 Å². The molecule has 0 unspecified atom stereocenters. The van der Waals surface area contributed by atoms with E-state index >= 15 is 0 Å². The molecule has 0 bridgehead atoms. The minimum absolute atomic E-state index is 0.0919. The summed E-state index contributed by atoms with van der Waals surface area (Å²) in [5, 5.41) is 0. The van der Waals surface area contributed by atoms with Gasteiger partial charge >= 0.3 is 6.61 Å². The van der Waals surface area contributed by atoms with Crippen LogP contribution < -0.4 is 14.2 Å². The average molecular weight is 313 g/mol. The van der Waals surface area contributed by atoms with Crippen molar-refractivity contribution in [3.63, 3.8) is 0 Å². The van der Waals surface area contributed by atoms with Crippen molar-refractivity contribution >= 4 is 15.9 Å². The SMILES string of the molecule is COCOc1c(Br)ccc(OC)c1OC(F)F. The fraction of sp³-hybridized carbons (Fsp3) is 0.400. The second-order valence-corrected chi connectivity index (χ2v) is 3.69. The van der Waals surface area contributed by atoms with Crippen molar-refractivity contribution in [1.82, 2.24) is 0 Å². The summed E-state index contributed by atoms with van der Waals surface area (Å²) < 4.78 is 44.2. The Labute approximate surface area is 106 Å². The van der Waals surface area contributed by atoms with Gasteiger partial charge in [-0.15, -0.1) is 0 Å². The standard InChI is InChI=1S/C10H11BrF2O4/c1-14-5-16-8-6(11)3-4-7(15-2)9(8)17-10(12)13/h3-4,10H,5H2,1-2H3. The van der Waals surface area contributed by atoms with Gasteiger partial charge in [0.05, 0.1) is 11.6 Å². The summed E-state index contributed by atoms with van der Waals surface area (Å²) >= 11 is 3.17. The van der Waals surface area contributed by atoms with Crippen molar-refractivity contribution in [3.8, 4) is 17.2 Å². The van der Waals surface area contributed by atoms with Gasteiger partial charge in [0.15, 0.2) is 18.3 Å². The van der Waals surface area contributed by atoms with Crippen LogP contribution in [-0.4, -0.2) is 27.6 Å². The Morgan fingerprint density at radius 3 is 2.47 bits per heavy atom. The number of hydrogen-bond donors (Lipinski definition) is 0. The van der Waals surface area contributed by atoms with E-state index in [1.165, 1.54) is 20.3 Å². The molecule has 1 aromatic carbocycles. The Bertz CT molecular complexity index is 374. The molecule has 7 heteroatoms. The van der Waals surface area contributed by atoms with Gasteiger partial charge in [-0.3, -0.25) is 0 Å². The third-order valence-electron chi connectivity index (χ3n) is 1.78. The van der Waals surface area contributed by atoms with Crippen LogP contribution in [0.5, 0.6) is 17.2 Å². The molecule has 0 aliphatic heterocycles. The van der Waals surface area contributed by atoms with Crippen LogP contribution in [0.4, 0.5) is 8.78 Å². The molecule has 0 radical (unpaired) electrons. The summed E-state index contributed by atoms with van der Waals surface area (Å²) in [5.41, 5.74) is 0. The van der Waals surface area contributed by atoms with Gasteiger partial charge in [0.2, 0.25) is 5.75 Å². The van der Waals surface area contributed by atoms with Crippen LogP contribution in [0.3, 0.4) is 0 Å². The van der Waals surface area contributed by atoms with Crippen molar-refractivity contribution in [2.75, 3.05) is 21.0 Å². The molecule has 17 heavy (non-hydrogen) atoms. The lowest BCUT2D eigenvalue weighted by molar-refractivity contribution is -0.0548. The molecule has 96 valence electrons. The van der Waals surface area contributed by atoms with Crippen molar-refractivity contribution in [3.05, 3.63) is 16.6 Å². The Morgan fingerprint density at radius 2 is 1.94 bits per heavy atom. The highest BCUT2D eigenvalue weighted by Crippen LogP contribution is 2.43. The fourth-order valence-electron chi connectivity index (χ4n) is 1.13. The highest BCUT2D eigenvalue weighted by molar-refractivity contribution is 9.10. The van der Waals surface area contributed by atoms with Crippen LogP contribution in [0.25, 0.3) is 0 Å². The molecule has 0 aromatic heterocycles. The van der Waals surface area contributed by atoms with E-state index in [1.807, 2.05) is 0 Å². The minimum atomic E-state index is -2.97. The topological polar surface area (TPSA) is 36.9 Å². The Hall–Kier alpha value is -1.08. The number of benzene rings is 1. The maximum atomic E-state index is 12.3. The maximum Gasteiger partial charge on any atom is 0.387 e. The Balaban J connectivity index is 3.11. The summed E-state index contributed by atoms with van der Waals surface area (Å²) in [7, 11) is 2.77. The third-order valence-corrected chi connectivity index (χ3v) is 2.40. The number of halogens is 3. The average Bonchev–Trinajstić information content (AvgIpc) is 2.28. The van der Waals surface area contributed by atoms with Gasteiger partial charge in [-0.05, 0) is 28.1 Å². The van der Waals surface area contributed by atoms with Gasteiger partial charge in [-0.1, -0.05) is 0 Å². The summed E-state index contributed by atoms with van der Waals surface area (Å²) in [5.74, 6) is 0.0834. The van der Waals surface area contributed by atoms with E-state index in [-0.39, 0.29) is 24.0 Å². The van der Waals surface area contributed by atoms with Gasteiger partial charge in [0.1, 0.15) is 0 Å². The predicted octanol–water partition coefficient (Wildman–Crippen LogP) is 3.04. The zero-order chi connectivity index (χ0) is 12.8.